The maximum atomic E-state index is 12.0. The molecule has 0 aliphatic rings. The molecule has 7 heteroatoms. The Balaban J connectivity index is 3.64. The van der Waals surface area contributed by atoms with Crippen molar-refractivity contribution in [3.63, 3.8) is 0 Å². The molecule has 0 spiro atoms. The molecular formula is C11H18N4O3. The molecule has 0 saturated carbocycles. The fraction of sp³-hybridized carbons (Fsp3) is 0.545. The first-order chi connectivity index (χ1) is 8.45. The molecule has 1 rings (SSSR count). The van der Waals surface area contributed by atoms with Gasteiger partial charge in [-0.05, 0) is 13.8 Å². The van der Waals surface area contributed by atoms with Crippen molar-refractivity contribution in [2.24, 2.45) is 19.1 Å². The van der Waals surface area contributed by atoms with Crippen molar-refractivity contribution in [1.29, 1.82) is 0 Å². The molecule has 0 aliphatic carbocycles. The molecule has 1 aromatic heterocycles. The van der Waals surface area contributed by atoms with Gasteiger partial charge in [-0.25, -0.2) is 4.79 Å². The van der Waals surface area contributed by atoms with Crippen LogP contribution >= 0.6 is 0 Å². The van der Waals surface area contributed by atoms with Crippen LogP contribution < -0.4 is 16.6 Å². The lowest BCUT2D eigenvalue weighted by Gasteiger charge is -2.12. The first-order valence-electron chi connectivity index (χ1n) is 5.73. The Hall–Kier alpha value is -2.05. The van der Waals surface area contributed by atoms with Crippen molar-refractivity contribution in [2.45, 2.75) is 13.8 Å². The maximum absolute atomic E-state index is 12.0. The van der Waals surface area contributed by atoms with Crippen LogP contribution in [0.3, 0.4) is 0 Å². The van der Waals surface area contributed by atoms with Gasteiger partial charge in [0.2, 0.25) is 5.88 Å². The fourth-order valence-corrected chi connectivity index (χ4v) is 1.59. The van der Waals surface area contributed by atoms with Gasteiger partial charge in [-0.2, -0.15) is 0 Å². The number of aliphatic imine (C=N–C) groups is 1. The van der Waals surface area contributed by atoms with Crippen molar-refractivity contribution in [3.05, 3.63) is 26.4 Å². The zero-order chi connectivity index (χ0) is 13.9. The van der Waals surface area contributed by atoms with Crippen LogP contribution in [0.4, 0.5) is 0 Å². The highest BCUT2D eigenvalue weighted by molar-refractivity contribution is 6.00. The molecule has 0 fully saturated rings. The second kappa shape index (κ2) is 5.52. The van der Waals surface area contributed by atoms with Gasteiger partial charge in [-0.3, -0.25) is 18.9 Å². The maximum Gasteiger partial charge on any atom is 0.333 e. The first-order valence-corrected chi connectivity index (χ1v) is 5.73. The van der Waals surface area contributed by atoms with E-state index < -0.39 is 11.2 Å². The number of amidine groups is 1. The Kier molecular flexibility index (Phi) is 4.30. The standard InChI is InChI=1S/C11H18N4O3/c1-5-12-8(13-6-2)7-9(16)14(3)11(18)15(4)10(7)17/h16H,5-6H2,1-4H3,(H,12,13). The number of rotatable bonds is 3. The highest BCUT2D eigenvalue weighted by Gasteiger charge is 2.19. The van der Waals surface area contributed by atoms with Gasteiger partial charge in [0.15, 0.2) is 0 Å². The zero-order valence-electron chi connectivity index (χ0n) is 11.0. The van der Waals surface area contributed by atoms with Crippen LogP contribution in [0.5, 0.6) is 5.88 Å². The van der Waals surface area contributed by atoms with E-state index >= 15 is 0 Å². The average Bonchev–Trinajstić information content (AvgIpc) is 2.35. The second-order valence-corrected chi connectivity index (χ2v) is 3.76. The quantitative estimate of drug-likeness (QED) is 0.544. The molecule has 18 heavy (non-hydrogen) atoms. The van der Waals surface area contributed by atoms with Gasteiger partial charge in [-0.15, -0.1) is 0 Å². The van der Waals surface area contributed by atoms with Gasteiger partial charge < -0.3 is 10.4 Å². The summed E-state index contributed by atoms with van der Waals surface area (Å²) in [5, 5.41) is 12.9. The van der Waals surface area contributed by atoms with Crippen molar-refractivity contribution in [3.8, 4) is 5.88 Å². The Labute approximate surface area is 104 Å². The Morgan fingerprint density at radius 1 is 1.28 bits per heavy atom. The van der Waals surface area contributed by atoms with Crippen LogP contribution in [-0.4, -0.2) is 33.2 Å². The molecule has 0 amide bonds. The molecular weight excluding hydrogens is 236 g/mol. The third-order valence-electron chi connectivity index (χ3n) is 2.53. The van der Waals surface area contributed by atoms with Gasteiger partial charge in [0.1, 0.15) is 11.4 Å². The van der Waals surface area contributed by atoms with Crippen LogP contribution in [0.15, 0.2) is 14.6 Å². The van der Waals surface area contributed by atoms with E-state index in [1.165, 1.54) is 14.1 Å². The van der Waals surface area contributed by atoms with Crippen molar-refractivity contribution in [2.75, 3.05) is 13.1 Å². The second-order valence-electron chi connectivity index (χ2n) is 3.76. The topological polar surface area (TPSA) is 88.6 Å². The monoisotopic (exact) mass is 254 g/mol. The summed E-state index contributed by atoms with van der Waals surface area (Å²) < 4.78 is 1.96. The molecule has 1 heterocycles. The lowest BCUT2D eigenvalue weighted by Crippen LogP contribution is -2.42. The number of hydrogen-bond donors (Lipinski definition) is 2. The lowest BCUT2D eigenvalue weighted by atomic mass is 10.2. The molecule has 0 aliphatic heterocycles. The third kappa shape index (κ3) is 2.29. The third-order valence-corrected chi connectivity index (χ3v) is 2.53. The number of nitrogens with one attached hydrogen (secondary N) is 1. The zero-order valence-corrected chi connectivity index (χ0v) is 11.0. The molecule has 0 unspecified atom stereocenters. The Bertz CT molecular complexity index is 583. The van der Waals surface area contributed by atoms with E-state index in [-0.39, 0.29) is 11.4 Å². The molecule has 0 bridgehead atoms. The van der Waals surface area contributed by atoms with Gasteiger partial charge in [0.05, 0.1) is 0 Å². The summed E-state index contributed by atoms with van der Waals surface area (Å²) in [7, 11) is 2.76. The van der Waals surface area contributed by atoms with E-state index in [0.29, 0.717) is 18.9 Å². The van der Waals surface area contributed by atoms with E-state index in [1.807, 2.05) is 13.8 Å². The highest BCUT2D eigenvalue weighted by atomic mass is 16.3. The average molecular weight is 254 g/mol. The molecule has 100 valence electrons. The van der Waals surface area contributed by atoms with Crippen molar-refractivity contribution < 1.29 is 5.11 Å². The van der Waals surface area contributed by atoms with E-state index in [0.717, 1.165) is 9.13 Å². The van der Waals surface area contributed by atoms with E-state index in [2.05, 4.69) is 10.3 Å². The van der Waals surface area contributed by atoms with Gasteiger partial charge in [-0.1, -0.05) is 0 Å². The summed E-state index contributed by atoms with van der Waals surface area (Å²) in [5.41, 5.74) is -1.12. The normalized spacial score (nSPS) is 11.7. The molecule has 0 radical (unpaired) electrons. The van der Waals surface area contributed by atoms with Crippen LogP contribution in [0.25, 0.3) is 0 Å². The summed E-state index contributed by atoms with van der Waals surface area (Å²) in [6.07, 6.45) is 0. The Morgan fingerprint density at radius 2 is 1.89 bits per heavy atom. The predicted molar refractivity (Wildman–Crippen MR) is 69.3 cm³/mol. The van der Waals surface area contributed by atoms with Crippen LogP contribution in [0.1, 0.15) is 19.4 Å². The van der Waals surface area contributed by atoms with Crippen LogP contribution in [-0.2, 0) is 14.1 Å². The molecule has 0 saturated heterocycles. The number of nitrogens with zero attached hydrogens (tertiary/aromatic N) is 3. The summed E-state index contributed by atoms with van der Waals surface area (Å²) in [5.74, 6) is -0.0787. The highest BCUT2D eigenvalue weighted by Crippen LogP contribution is 2.09. The number of aromatic hydroxyl groups is 1. The largest absolute Gasteiger partial charge is 0.494 e. The summed E-state index contributed by atoms with van der Waals surface area (Å²) in [6, 6.07) is 0. The number of aromatic nitrogens is 2. The van der Waals surface area contributed by atoms with Crippen LogP contribution in [0.2, 0.25) is 0 Å². The van der Waals surface area contributed by atoms with Gasteiger partial charge in [0.25, 0.3) is 5.56 Å². The predicted octanol–water partition coefficient (Wildman–Crippen LogP) is -0.834. The molecule has 2 N–H and O–H groups in total. The summed E-state index contributed by atoms with van der Waals surface area (Å²) >= 11 is 0. The van der Waals surface area contributed by atoms with Crippen LogP contribution in [0, 0.1) is 0 Å². The van der Waals surface area contributed by atoms with E-state index in [4.69, 9.17) is 0 Å². The lowest BCUT2D eigenvalue weighted by molar-refractivity contribution is 0.410. The van der Waals surface area contributed by atoms with Gasteiger partial charge >= 0.3 is 5.69 Å². The minimum absolute atomic E-state index is 0.0169. The smallest absolute Gasteiger partial charge is 0.333 e. The molecule has 1 aromatic rings. The summed E-state index contributed by atoms with van der Waals surface area (Å²) in [6.45, 7) is 4.70. The van der Waals surface area contributed by atoms with Crippen molar-refractivity contribution in [1.82, 2.24) is 14.5 Å². The fourth-order valence-electron chi connectivity index (χ4n) is 1.59. The molecule has 7 nitrogen and oxygen atoms in total. The minimum Gasteiger partial charge on any atom is -0.494 e. The van der Waals surface area contributed by atoms with E-state index in [9.17, 15) is 14.7 Å². The van der Waals surface area contributed by atoms with E-state index in [1.54, 1.807) is 0 Å². The minimum atomic E-state index is -0.575. The van der Waals surface area contributed by atoms with Crippen molar-refractivity contribution >= 4 is 5.84 Å². The first kappa shape index (κ1) is 14.0. The molecule has 0 atom stereocenters. The summed E-state index contributed by atoms with van der Waals surface area (Å²) in [4.78, 5) is 27.8. The van der Waals surface area contributed by atoms with Gasteiger partial charge in [0, 0.05) is 27.2 Å². The Morgan fingerprint density at radius 3 is 2.39 bits per heavy atom. The molecule has 0 aromatic carbocycles. The SMILES string of the molecule is CCN=C(NCC)c1c(O)n(C)c(=O)n(C)c1=O. The number of hydrogen-bond acceptors (Lipinski definition) is 4.